The van der Waals surface area contributed by atoms with Gasteiger partial charge in [-0.15, -0.1) is 0 Å². The zero-order valence-corrected chi connectivity index (χ0v) is 10.7. The van der Waals surface area contributed by atoms with E-state index in [1.807, 2.05) is 0 Å². The van der Waals surface area contributed by atoms with Crippen molar-refractivity contribution in [2.75, 3.05) is 25.6 Å². The van der Waals surface area contributed by atoms with Gasteiger partial charge in [0, 0.05) is 38.2 Å². The lowest BCUT2D eigenvalue weighted by Gasteiger charge is -2.22. The SMILES string of the molecule is COCCC(C)(O)CNc1nc(C(F)(F)F)ns1. The van der Waals surface area contributed by atoms with Crippen molar-refractivity contribution in [3.05, 3.63) is 5.82 Å². The molecule has 1 heterocycles. The first-order valence-corrected chi connectivity index (χ1v) is 5.88. The Labute approximate surface area is 106 Å². The Hall–Kier alpha value is -0.930. The standard InChI is InChI=1S/C9H14F3N3O2S/c1-8(16,3-4-17-2)5-13-7-14-6(15-18-7)9(10,11)12/h16H,3-5H2,1-2H3,(H,13,14,15). The van der Waals surface area contributed by atoms with Crippen LogP contribution in [0.1, 0.15) is 19.2 Å². The molecule has 9 heteroatoms. The molecule has 0 saturated heterocycles. The lowest BCUT2D eigenvalue weighted by atomic mass is 10.0. The quantitative estimate of drug-likeness (QED) is 0.833. The highest BCUT2D eigenvalue weighted by atomic mass is 32.1. The Kier molecular flexibility index (Phi) is 4.88. The molecule has 104 valence electrons. The summed E-state index contributed by atoms with van der Waals surface area (Å²) in [6.07, 6.45) is -4.18. The Morgan fingerprint density at radius 2 is 2.11 bits per heavy atom. The van der Waals surface area contributed by atoms with Gasteiger partial charge in [-0.1, -0.05) is 0 Å². The Bertz CT molecular complexity index is 381. The maximum atomic E-state index is 12.2. The summed E-state index contributed by atoms with van der Waals surface area (Å²) in [5.41, 5.74) is -1.08. The van der Waals surface area contributed by atoms with Crippen LogP contribution >= 0.6 is 11.5 Å². The molecule has 5 nitrogen and oxygen atoms in total. The molecule has 2 N–H and O–H groups in total. The fraction of sp³-hybridized carbons (Fsp3) is 0.778. The Morgan fingerprint density at radius 1 is 1.44 bits per heavy atom. The minimum absolute atomic E-state index is 0.0278. The molecule has 0 aliphatic heterocycles. The third-order valence-electron chi connectivity index (χ3n) is 2.14. The average Bonchev–Trinajstić information content (AvgIpc) is 2.72. The van der Waals surface area contributed by atoms with Crippen molar-refractivity contribution in [1.82, 2.24) is 9.36 Å². The molecule has 1 atom stereocenters. The van der Waals surface area contributed by atoms with Crippen LogP contribution < -0.4 is 5.32 Å². The van der Waals surface area contributed by atoms with Crippen molar-refractivity contribution in [3.63, 3.8) is 0 Å². The minimum Gasteiger partial charge on any atom is -0.388 e. The highest BCUT2D eigenvalue weighted by Crippen LogP contribution is 2.29. The molecule has 0 aromatic carbocycles. The number of nitrogens with one attached hydrogen (secondary N) is 1. The highest BCUT2D eigenvalue weighted by Gasteiger charge is 2.36. The molecule has 0 fully saturated rings. The number of aromatic nitrogens is 2. The fourth-order valence-electron chi connectivity index (χ4n) is 1.09. The molecule has 0 bridgehead atoms. The summed E-state index contributed by atoms with van der Waals surface area (Å²) in [6, 6.07) is 0. The molecule has 0 aliphatic rings. The summed E-state index contributed by atoms with van der Waals surface area (Å²) in [6.45, 7) is 1.99. The van der Waals surface area contributed by atoms with Crippen molar-refractivity contribution in [2.24, 2.45) is 0 Å². The molecule has 0 aliphatic carbocycles. The number of methoxy groups -OCH3 is 1. The third kappa shape index (κ3) is 4.75. The highest BCUT2D eigenvalue weighted by molar-refractivity contribution is 7.09. The smallest absolute Gasteiger partial charge is 0.388 e. The number of ether oxygens (including phenoxy) is 1. The molecule has 1 aromatic rings. The van der Waals surface area contributed by atoms with E-state index in [9.17, 15) is 18.3 Å². The van der Waals surface area contributed by atoms with Crippen LogP contribution in [0, 0.1) is 0 Å². The average molecular weight is 285 g/mol. The number of hydrogen-bond donors (Lipinski definition) is 2. The van der Waals surface area contributed by atoms with Gasteiger partial charge in [-0.05, 0) is 6.92 Å². The number of alkyl halides is 3. The van der Waals surface area contributed by atoms with Crippen LogP contribution in [0.25, 0.3) is 0 Å². The molecule has 18 heavy (non-hydrogen) atoms. The summed E-state index contributed by atoms with van der Waals surface area (Å²) >= 11 is 0.606. The number of aliphatic hydroxyl groups is 1. The van der Waals surface area contributed by atoms with Crippen molar-refractivity contribution < 1.29 is 23.0 Å². The largest absolute Gasteiger partial charge is 0.452 e. The summed E-state index contributed by atoms with van der Waals surface area (Å²) in [5, 5.41) is 12.5. The lowest BCUT2D eigenvalue weighted by molar-refractivity contribution is -0.144. The van der Waals surface area contributed by atoms with Gasteiger partial charge in [-0.2, -0.15) is 22.5 Å². The van der Waals surface area contributed by atoms with Crippen molar-refractivity contribution >= 4 is 16.7 Å². The predicted molar refractivity (Wildman–Crippen MR) is 60.5 cm³/mol. The van der Waals surface area contributed by atoms with Crippen LogP contribution in [0.4, 0.5) is 18.3 Å². The maximum absolute atomic E-state index is 12.2. The number of hydrogen-bond acceptors (Lipinski definition) is 6. The number of halogens is 3. The van der Waals surface area contributed by atoms with Crippen molar-refractivity contribution in [3.8, 4) is 0 Å². The lowest BCUT2D eigenvalue weighted by Crippen LogP contribution is -2.34. The first kappa shape index (κ1) is 15.1. The van der Waals surface area contributed by atoms with Crippen LogP contribution in [0.5, 0.6) is 0 Å². The third-order valence-corrected chi connectivity index (χ3v) is 2.82. The van der Waals surface area contributed by atoms with Gasteiger partial charge in [0.05, 0.1) is 5.60 Å². The van der Waals surface area contributed by atoms with E-state index in [4.69, 9.17) is 4.74 Å². The van der Waals surface area contributed by atoms with Gasteiger partial charge in [0.25, 0.3) is 0 Å². The first-order chi connectivity index (χ1) is 8.24. The summed E-state index contributed by atoms with van der Waals surface area (Å²) in [4.78, 5) is 3.29. The van der Waals surface area contributed by atoms with Crippen LogP contribution in [0.3, 0.4) is 0 Å². The normalized spacial score (nSPS) is 15.4. The molecule has 0 saturated carbocycles. The van der Waals surface area contributed by atoms with Crippen LogP contribution in [0.2, 0.25) is 0 Å². The van der Waals surface area contributed by atoms with E-state index in [0.29, 0.717) is 24.6 Å². The maximum Gasteiger partial charge on any atom is 0.452 e. The zero-order chi connectivity index (χ0) is 13.8. The molecule has 1 rings (SSSR count). The summed E-state index contributed by atoms with van der Waals surface area (Å²) in [7, 11) is 1.50. The molecular formula is C9H14F3N3O2S. The van der Waals surface area contributed by atoms with Gasteiger partial charge < -0.3 is 15.2 Å². The van der Waals surface area contributed by atoms with Gasteiger partial charge in [0.15, 0.2) is 0 Å². The molecule has 0 amide bonds. The fourth-order valence-corrected chi connectivity index (χ4v) is 1.67. The molecule has 1 unspecified atom stereocenters. The van der Waals surface area contributed by atoms with E-state index in [2.05, 4.69) is 14.7 Å². The molecule has 0 radical (unpaired) electrons. The van der Waals surface area contributed by atoms with E-state index in [1.165, 1.54) is 7.11 Å². The van der Waals surface area contributed by atoms with Gasteiger partial charge in [0.2, 0.25) is 11.0 Å². The number of nitrogens with zero attached hydrogens (tertiary/aromatic N) is 2. The number of rotatable bonds is 6. The van der Waals surface area contributed by atoms with Gasteiger partial charge in [-0.3, -0.25) is 0 Å². The monoisotopic (exact) mass is 285 g/mol. The van der Waals surface area contributed by atoms with Crippen LogP contribution in [0.15, 0.2) is 0 Å². The van der Waals surface area contributed by atoms with Crippen molar-refractivity contribution in [1.29, 1.82) is 0 Å². The second kappa shape index (κ2) is 5.81. The van der Waals surface area contributed by atoms with E-state index < -0.39 is 17.6 Å². The van der Waals surface area contributed by atoms with E-state index >= 15 is 0 Å². The first-order valence-electron chi connectivity index (χ1n) is 5.11. The molecule has 0 spiro atoms. The minimum atomic E-state index is -4.55. The number of anilines is 1. The Balaban J connectivity index is 2.51. The van der Waals surface area contributed by atoms with Crippen molar-refractivity contribution in [2.45, 2.75) is 25.1 Å². The molecular weight excluding hydrogens is 271 g/mol. The van der Waals surface area contributed by atoms with E-state index in [1.54, 1.807) is 6.92 Å². The zero-order valence-electron chi connectivity index (χ0n) is 9.91. The second-order valence-electron chi connectivity index (χ2n) is 4.01. The van der Waals surface area contributed by atoms with Gasteiger partial charge in [-0.25, -0.2) is 0 Å². The Morgan fingerprint density at radius 3 is 2.61 bits per heavy atom. The van der Waals surface area contributed by atoms with E-state index in [-0.39, 0.29) is 11.7 Å². The van der Waals surface area contributed by atoms with Crippen LogP contribution in [-0.4, -0.2) is 40.3 Å². The van der Waals surface area contributed by atoms with E-state index in [0.717, 1.165) is 0 Å². The molecule has 1 aromatic heterocycles. The summed E-state index contributed by atoms with van der Waals surface area (Å²) in [5.74, 6) is -1.17. The summed E-state index contributed by atoms with van der Waals surface area (Å²) < 4.78 is 44.7. The van der Waals surface area contributed by atoms with Gasteiger partial charge >= 0.3 is 6.18 Å². The van der Waals surface area contributed by atoms with Gasteiger partial charge in [0.1, 0.15) is 0 Å². The topological polar surface area (TPSA) is 67.3 Å². The second-order valence-corrected chi connectivity index (χ2v) is 4.77. The van der Waals surface area contributed by atoms with Crippen LogP contribution in [-0.2, 0) is 10.9 Å². The predicted octanol–water partition coefficient (Wildman–Crippen LogP) is 1.76.